The highest BCUT2D eigenvalue weighted by molar-refractivity contribution is 5.94. The van der Waals surface area contributed by atoms with Crippen molar-refractivity contribution in [2.75, 3.05) is 37.7 Å². The lowest BCUT2D eigenvalue weighted by Crippen LogP contribution is -2.37. The van der Waals surface area contributed by atoms with Gasteiger partial charge in [0.15, 0.2) is 0 Å². The molecule has 2 aliphatic rings. The number of likely N-dealkylation sites (tertiary alicyclic amines) is 1. The van der Waals surface area contributed by atoms with Crippen molar-refractivity contribution in [1.82, 2.24) is 9.88 Å². The minimum atomic E-state index is 0.114. The summed E-state index contributed by atoms with van der Waals surface area (Å²) in [6.07, 6.45) is 3.99. The van der Waals surface area contributed by atoms with Crippen LogP contribution in [0.15, 0.2) is 42.6 Å². The highest BCUT2D eigenvalue weighted by atomic mass is 16.5. The third kappa shape index (κ3) is 3.31. The maximum atomic E-state index is 12.9. The van der Waals surface area contributed by atoms with Crippen molar-refractivity contribution in [3.63, 3.8) is 0 Å². The van der Waals surface area contributed by atoms with Crippen LogP contribution in [0.4, 0.5) is 5.82 Å². The second-order valence-electron chi connectivity index (χ2n) is 7.03. The zero-order chi connectivity index (χ0) is 17.9. The lowest BCUT2D eigenvalue weighted by Gasteiger charge is -2.30. The van der Waals surface area contributed by atoms with Crippen molar-refractivity contribution >= 4 is 11.7 Å². The molecule has 0 radical (unpaired) electrons. The maximum Gasteiger partial charge on any atom is 0.254 e. The number of rotatable bonds is 3. The van der Waals surface area contributed by atoms with Crippen molar-refractivity contribution in [2.45, 2.75) is 25.8 Å². The summed E-state index contributed by atoms with van der Waals surface area (Å²) in [5.41, 5.74) is 3.07. The minimum Gasteiger partial charge on any atom is -0.378 e. The van der Waals surface area contributed by atoms with Gasteiger partial charge in [0, 0.05) is 31.4 Å². The van der Waals surface area contributed by atoms with Crippen LogP contribution in [-0.2, 0) is 4.74 Å². The Kier molecular flexibility index (Phi) is 4.89. The zero-order valence-corrected chi connectivity index (χ0v) is 15.2. The van der Waals surface area contributed by atoms with Gasteiger partial charge < -0.3 is 14.5 Å². The molecule has 1 unspecified atom stereocenters. The summed E-state index contributed by atoms with van der Waals surface area (Å²) in [5, 5.41) is 0. The fraction of sp³-hybridized carbons (Fsp3) is 0.429. The van der Waals surface area contributed by atoms with E-state index >= 15 is 0 Å². The smallest absolute Gasteiger partial charge is 0.254 e. The minimum absolute atomic E-state index is 0.114. The van der Waals surface area contributed by atoms with Gasteiger partial charge in [-0.3, -0.25) is 4.79 Å². The normalized spacial score (nSPS) is 20.4. The SMILES string of the molecule is Cc1cc(C2CCCN2C(=O)c2ccccc2)cnc1N1CCOCC1. The first kappa shape index (κ1) is 17.0. The second kappa shape index (κ2) is 7.46. The Hall–Kier alpha value is -2.40. The molecule has 2 saturated heterocycles. The van der Waals surface area contributed by atoms with Crippen molar-refractivity contribution in [2.24, 2.45) is 0 Å². The van der Waals surface area contributed by atoms with Crippen LogP contribution in [0, 0.1) is 6.92 Å². The van der Waals surface area contributed by atoms with E-state index in [1.54, 1.807) is 0 Å². The van der Waals surface area contributed by atoms with Gasteiger partial charge >= 0.3 is 0 Å². The average Bonchev–Trinajstić information content (AvgIpc) is 3.18. The first-order chi connectivity index (χ1) is 12.7. The van der Waals surface area contributed by atoms with Gasteiger partial charge in [0.05, 0.1) is 19.3 Å². The summed E-state index contributed by atoms with van der Waals surface area (Å²) in [7, 11) is 0. The Bertz CT molecular complexity index is 772. The predicted molar refractivity (Wildman–Crippen MR) is 101 cm³/mol. The summed E-state index contributed by atoms with van der Waals surface area (Å²) in [6, 6.07) is 11.9. The van der Waals surface area contributed by atoms with Crippen LogP contribution >= 0.6 is 0 Å². The van der Waals surface area contributed by atoms with Crippen molar-refractivity contribution in [1.29, 1.82) is 0 Å². The number of ether oxygens (including phenoxy) is 1. The highest BCUT2D eigenvalue weighted by Crippen LogP contribution is 2.34. The number of aryl methyl sites for hydroxylation is 1. The molecule has 5 heteroatoms. The molecule has 4 rings (SSSR count). The van der Waals surface area contributed by atoms with Crippen molar-refractivity contribution < 1.29 is 9.53 Å². The third-order valence-electron chi connectivity index (χ3n) is 5.30. The van der Waals surface area contributed by atoms with E-state index in [2.05, 4.69) is 17.9 Å². The number of pyridine rings is 1. The van der Waals surface area contributed by atoms with Crippen LogP contribution in [0.25, 0.3) is 0 Å². The molecule has 0 aliphatic carbocycles. The summed E-state index contributed by atoms with van der Waals surface area (Å²) in [6.45, 7) is 6.20. The number of morpholine rings is 1. The Morgan fingerprint density at radius 1 is 1.15 bits per heavy atom. The molecule has 0 spiro atoms. The van der Waals surface area contributed by atoms with Gasteiger partial charge in [0.1, 0.15) is 5.82 Å². The molecule has 1 aromatic carbocycles. The van der Waals surface area contributed by atoms with E-state index in [4.69, 9.17) is 9.72 Å². The number of hydrogen-bond acceptors (Lipinski definition) is 4. The maximum absolute atomic E-state index is 12.9. The van der Waals surface area contributed by atoms with Gasteiger partial charge in [0.2, 0.25) is 0 Å². The van der Waals surface area contributed by atoms with Gasteiger partial charge in [-0.25, -0.2) is 4.98 Å². The van der Waals surface area contributed by atoms with Crippen molar-refractivity contribution in [3.05, 3.63) is 59.3 Å². The summed E-state index contributed by atoms with van der Waals surface area (Å²) in [4.78, 5) is 21.9. The van der Waals surface area contributed by atoms with E-state index < -0.39 is 0 Å². The monoisotopic (exact) mass is 351 g/mol. The predicted octanol–water partition coefficient (Wildman–Crippen LogP) is 3.20. The van der Waals surface area contributed by atoms with E-state index in [0.717, 1.165) is 62.6 Å². The van der Waals surface area contributed by atoms with Crippen LogP contribution in [0.3, 0.4) is 0 Å². The summed E-state index contributed by atoms with van der Waals surface area (Å²) < 4.78 is 5.43. The fourth-order valence-electron chi connectivity index (χ4n) is 3.98. The highest BCUT2D eigenvalue weighted by Gasteiger charge is 2.31. The molecule has 1 atom stereocenters. The molecule has 5 nitrogen and oxygen atoms in total. The van der Waals surface area contributed by atoms with E-state index in [1.165, 1.54) is 5.56 Å². The standard InChI is InChI=1S/C21H25N3O2/c1-16-14-18(15-22-20(16)23-10-12-26-13-11-23)19-8-5-9-24(19)21(25)17-6-3-2-4-7-17/h2-4,6-7,14-15,19H,5,8-13H2,1H3. The van der Waals surface area contributed by atoms with Gasteiger partial charge in [-0.15, -0.1) is 0 Å². The quantitative estimate of drug-likeness (QED) is 0.852. The zero-order valence-electron chi connectivity index (χ0n) is 15.2. The lowest BCUT2D eigenvalue weighted by molar-refractivity contribution is 0.0735. The first-order valence-electron chi connectivity index (χ1n) is 9.39. The number of carbonyl (C=O) groups is 1. The molecule has 0 N–H and O–H groups in total. The molecule has 0 saturated carbocycles. The molecular weight excluding hydrogens is 326 g/mol. The Morgan fingerprint density at radius 2 is 1.92 bits per heavy atom. The lowest BCUT2D eigenvalue weighted by atomic mass is 10.0. The number of aromatic nitrogens is 1. The molecule has 2 fully saturated rings. The van der Waals surface area contributed by atoms with Gasteiger partial charge in [-0.2, -0.15) is 0 Å². The number of anilines is 1. The summed E-state index contributed by atoms with van der Waals surface area (Å²) >= 11 is 0. The van der Waals surface area contributed by atoms with Crippen LogP contribution in [0.2, 0.25) is 0 Å². The molecular formula is C21H25N3O2. The Morgan fingerprint density at radius 3 is 2.65 bits per heavy atom. The number of amides is 1. The molecule has 26 heavy (non-hydrogen) atoms. The number of benzene rings is 1. The average molecular weight is 351 g/mol. The van der Waals surface area contributed by atoms with Crippen LogP contribution in [-0.4, -0.2) is 48.6 Å². The molecule has 3 heterocycles. The van der Waals surface area contributed by atoms with E-state index in [9.17, 15) is 4.79 Å². The van der Waals surface area contributed by atoms with E-state index in [1.807, 2.05) is 41.4 Å². The van der Waals surface area contributed by atoms with Gasteiger partial charge in [-0.1, -0.05) is 18.2 Å². The van der Waals surface area contributed by atoms with Gasteiger partial charge in [0.25, 0.3) is 5.91 Å². The molecule has 136 valence electrons. The molecule has 2 aliphatic heterocycles. The number of nitrogens with zero attached hydrogens (tertiary/aromatic N) is 3. The Labute approximate surface area is 154 Å². The third-order valence-corrected chi connectivity index (χ3v) is 5.30. The molecule has 1 amide bonds. The van der Waals surface area contributed by atoms with Crippen LogP contribution < -0.4 is 4.90 Å². The first-order valence-corrected chi connectivity index (χ1v) is 9.39. The molecule has 1 aromatic heterocycles. The Balaban J connectivity index is 1.56. The van der Waals surface area contributed by atoms with Crippen LogP contribution in [0.5, 0.6) is 0 Å². The van der Waals surface area contributed by atoms with E-state index in [0.29, 0.717) is 0 Å². The fourth-order valence-corrected chi connectivity index (χ4v) is 3.98. The largest absolute Gasteiger partial charge is 0.378 e. The van der Waals surface area contributed by atoms with E-state index in [-0.39, 0.29) is 11.9 Å². The number of carbonyl (C=O) groups excluding carboxylic acids is 1. The molecule has 0 bridgehead atoms. The topological polar surface area (TPSA) is 45.7 Å². The van der Waals surface area contributed by atoms with Crippen LogP contribution in [0.1, 0.15) is 40.4 Å². The second-order valence-corrected chi connectivity index (χ2v) is 7.03. The number of hydrogen-bond donors (Lipinski definition) is 0. The van der Waals surface area contributed by atoms with Crippen molar-refractivity contribution in [3.8, 4) is 0 Å². The van der Waals surface area contributed by atoms with Gasteiger partial charge in [-0.05, 0) is 49.1 Å². The molecule has 2 aromatic rings. The summed E-state index contributed by atoms with van der Waals surface area (Å²) in [5.74, 6) is 1.15.